The quantitative estimate of drug-likeness (QED) is 0.808. The molecule has 6 nitrogen and oxygen atoms in total. The van der Waals surface area contributed by atoms with Crippen molar-refractivity contribution in [2.24, 2.45) is 4.99 Å². The molecule has 0 aromatic rings. The van der Waals surface area contributed by atoms with Gasteiger partial charge in [0.05, 0.1) is 0 Å². The molecule has 1 aliphatic carbocycles. The van der Waals surface area contributed by atoms with Gasteiger partial charge < -0.3 is 14.8 Å². The van der Waals surface area contributed by atoms with Crippen LogP contribution < -0.4 is 5.32 Å². The maximum absolute atomic E-state index is 11.8. The summed E-state index contributed by atoms with van der Waals surface area (Å²) in [6.07, 6.45) is 2.94. The van der Waals surface area contributed by atoms with Crippen molar-refractivity contribution >= 4 is 17.8 Å². The average molecular weight is 326 g/mol. The molecule has 1 atom stereocenters. The highest BCUT2D eigenvalue weighted by atomic mass is 16.6. The second-order valence-electron chi connectivity index (χ2n) is 7.91. The molecule has 0 radical (unpaired) electrons. The van der Waals surface area contributed by atoms with Gasteiger partial charge in [-0.2, -0.15) is 0 Å². The molecule has 23 heavy (non-hydrogen) atoms. The molecule has 1 N–H and O–H groups in total. The largest absolute Gasteiger partial charge is 0.459 e. The molecular formula is C17H30N2O4. The van der Waals surface area contributed by atoms with Crippen molar-refractivity contribution in [1.29, 1.82) is 0 Å². The predicted octanol–water partition coefficient (Wildman–Crippen LogP) is 3.24. The van der Waals surface area contributed by atoms with Crippen molar-refractivity contribution in [2.45, 2.75) is 84.5 Å². The number of nitrogens with zero attached hydrogens (tertiary/aromatic N) is 1. The van der Waals surface area contributed by atoms with Crippen LogP contribution >= 0.6 is 0 Å². The highest BCUT2D eigenvalue weighted by molar-refractivity contribution is 5.88. The highest BCUT2D eigenvalue weighted by Gasteiger charge is 2.23. The van der Waals surface area contributed by atoms with E-state index in [0.717, 1.165) is 25.0 Å². The number of hydrogen-bond acceptors (Lipinski definition) is 5. The van der Waals surface area contributed by atoms with Gasteiger partial charge in [0.15, 0.2) is 0 Å². The van der Waals surface area contributed by atoms with Gasteiger partial charge in [0.1, 0.15) is 17.7 Å². The summed E-state index contributed by atoms with van der Waals surface area (Å²) in [6, 6.07) is 0.0102. The molecule has 1 saturated carbocycles. The molecule has 0 aromatic heterocycles. The Hall–Kier alpha value is -1.59. The average Bonchev–Trinajstić information content (AvgIpc) is 2.32. The minimum atomic E-state index is -0.508. The minimum absolute atomic E-state index is 0.0102. The third-order valence-corrected chi connectivity index (χ3v) is 3.07. The first-order valence-corrected chi connectivity index (χ1v) is 8.18. The third kappa shape index (κ3) is 9.21. The van der Waals surface area contributed by atoms with Crippen LogP contribution in [-0.2, 0) is 14.3 Å². The first-order chi connectivity index (χ1) is 10.4. The lowest BCUT2D eigenvalue weighted by Gasteiger charge is -2.26. The van der Waals surface area contributed by atoms with Crippen molar-refractivity contribution in [1.82, 2.24) is 5.32 Å². The monoisotopic (exact) mass is 326 g/mol. The van der Waals surface area contributed by atoms with Gasteiger partial charge >= 0.3 is 12.1 Å². The molecule has 0 bridgehead atoms. The van der Waals surface area contributed by atoms with Crippen LogP contribution in [-0.4, -0.2) is 41.6 Å². The molecule has 6 heteroatoms. The Balaban J connectivity index is 2.46. The fraction of sp³-hybridized carbons (Fsp3) is 0.824. The molecule has 0 spiro atoms. The van der Waals surface area contributed by atoms with E-state index in [1.807, 2.05) is 41.5 Å². The molecule has 1 aliphatic rings. The number of nitrogens with one attached hydrogen (secondary N) is 1. The number of ether oxygens (including phenoxy) is 2. The van der Waals surface area contributed by atoms with Gasteiger partial charge in [0.2, 0.25) is 0 Å². The van der Waals surface area contributed by atoms with Gasteiger partial charge in [0.25, 0.3) is 0 Å². The topological polar surface area (TPSA) is 77.0 Å². The van der Waals surface area contributed by atoms with Crippen molar-refractivity contribution < 1.29 is 19.1 Å². The molecular weight excluding hydrogens is 296 g/mol. The normalized spacial score (nSPS) is 21.0. The van der Waals surface area contributed by atoms with E-state index in [4.69, 9.17) is 9.47 Å². The van der Waals surface area contributed by atoms with Gasteiger partial charge in [-0.1, -0.05) is 0 Å². The standard InChI is InChI=1S/C17H30N2O4/c1-16(2,3)22-14(20)11-18-12-8-7-9-13(10-12)19-15(21)23-17(4,5)6/h13H,7-11H2,1-6H3,(H,19,21). The van der Waals surface area contributed by atoms with E-state index in [2.05, 4.69) is 10.3 Å². The zero-order valence-corrected chi connectivity index (χ0v) is 15.2. The van der Waals surface area contributed by atoms with Crippen LogP contribution in [0.5, 0.6) is 0 Å². The number of carbonyl (C=O) groups is 2. The Kier molecular flexibility index (Phi) is 6.59. The molecule has 1 unspecified atom stereocenters. The smallest absolute Gasteiger partial charge is 0.407 e. The number of carbonyl (C=O) groups excluding carboxylic acids is 2. The van der Waals surface area contributed by atoms with E-state index in [1.54, 1.807) is 0 Å². The molecule has 1 fully saturated rings. The number of aliphatic imine (C=N–C) groups is 1. The summed E-state index contributed by atoms with van der Waals surface area (Å²) in [6.45, 7) is 11.0. The fourth-order valence-corrected chi connectivity index (χ4v) is 2.33. The molecule has 0 heterocycles. The van der Waals surface area contributed by atoms with Crippen molar-refractivity contribution in [2.75, 3.05) is 6.54 Å². The molecule has 1 amide bonds. The zero-order valence-electron chi connectivity index (χ0n) is 15.2. The molecule has 132 valence electrons. The summed E-state index contributed by atoms with van der Waals surface area (Å²) in [7, 11) is 0. The summed E-state index contributed by atoms with van der Waals surface area (Å²) < 4.78 is 10.5. The summed E-state index contributed by atoms with van der Waals surface area (Å²) in [5, 5.41) is 2.87. The number of rotatable bonds is 3. The van der Waals surface area contributed by atoms with Crippen LogP contribution in [0, 0.1) is 0 Å². The first-order valence-electron chi connectivity index (χ1n) is 8.18. The first kappa shape index (κ1) is 19.5. The number of esters is 1. The Labute approximate surface area is 139 Å². The van der Waals surface area contributed by atoms with Gasteiger partial charge in [-0.05, 0) is 60.8 Å². The SMILES string of the molecule is CC(C)(C)OC(=O)CN=C1CCCC(NC(=O)OC(C)(C)C)C1. The van der Waals surface area contributed by atoms with Crippen LogP contribution in [0.4, 0.5) is 4.79 Å². The van der Waals surface area contributed by atoms with Gasteiger partial charge in [-0.15, -0.1) is 0 Å². The predicted molar refractivity (Wildman–Crippen MR) is 89.8 cm³/mol. The van der Waals surface area contributed by atoms with Crippen molar-refractivity contribution in [3.63, 3.8) is 0 Å². The third-order valence-electron chi connectivity index (χ3n) is 3.07. The Bertz CT molecular complexity index is 458. The van der Waals surface area contributed by atoms with Crippen LogP contribution in [0.2, 0.25) is 0 Å². The number of hydrogen-bond donors (Lipinski definition) is 1. The molecule has 0 aliphatic heterocycles. The van der Waals surface area contributed by atoms with Crippen LogP contribution in [0.1, 0.15) is 67.2 Å². The van der Waals surface area contributed by atoms with E-state index in [-0.39, 0.29) is 18.6 Å². The summed E-state index contributed by atoms with van der Waals surface area (Å²) in [5.41, 5.74) is -0.0556. The second kappa shape index (κ2) is 7.79. The van der Waals surface area contributed by atoms with Gasteiger partial charge in [-0.3, -0.25) is 9.79 Å². The van der Waals surface area contributed by atoms with E-state index < -0.39 is 17.3 Å². The Morgan fingerprint density at radius 2 is 1.74 bits per heavy atom. The summed E-state index contributed by atoms with van der Waals surface area (Å²) >= 11 is 0. The lowest BCUT2D eigenvalue weighted by Crippen LogP contribution is -2.41. The summed E-state index contributed by atoms with van der Waals surface area (Å²) in [5.74, 6) is -0.327. The Morgan fingerprint density at radius 1 is 1.13 bits per heavy atom. The highest BCUT2D eigenvalue weighted by Crippen LogP contribution is 2.17. The number of alkyl carbamates (subject to hydrolysis) is 1. The summed E-state index contributed by atoms with van der Waals surface area (Å²) in [4.78, 5) is 27.9. The van der Waals surface area contributed by atoms with E-state index in [0.29, 0.717) is 6.42 Å². The van der Waals surface area contributed by atoms with E-state index in [9.17, 15) is 9.59 Å². The number of amides is 1. The van der Waals surface area contributed by atoms with Gasteiger partial charge in [0, 0.05) is 18.2 Å². The van der Waals surface area contributed by atoms with Crippen LogP contribution in [0.3, 0.4) is 0 Å². The van der Waals surface area contributed by atoms with E-state index >= 15 is 0 Å². The van der Waals surface area contributed by atoms with E-state index in [1.165, 1.54) is 0 Å². The fourth-order valence-electron chi connectivity index (χ4n) is 2.33. The lowest BCUT2D eigenvalue weighted by molar-refractivity contribution is -0.152. The molecule has 0 saturated heterocycles. The van der Waals surface area contributed by atoms with Crippen molar-refractivity contribution in [3.8, 4) is 0 Å². The lowest BCUT2D eigenvalue weighted by atomic mass is 9.93. The van der Waals surface area contributed by atoms with Crippen LogP contribution in [0.15, 0.2) is 4.99 Å². The zero-order chi connectivity index (χ0) is 17.7. The van der Waals surface area contributed by atoms with Crippen molar-refractivity contribution in [3.05, 3.63) is 0 Å². The maximum atomic E-state index is 11.8. The molecule has 1 rings (SSSR count). The van der Waals surface area contributed by atoms with Gasteiger partial charge in [-0.25, -0.2) is 4.79 Å². The maximum Gasteiger partial charge on any atom is 0.407 e. The Morgan fingerprint density at radius 3 is 2.30 bits per heavy atom. The second-order valence-corrected chi connectivity index (χ2v) is 7.91. The van der Waals surface area contributed by atoms with Crippen LogP contribution in [0.25, 0.3) is 0 Å². The minimum Gasteiger partial charge on any atom is -0.459 e. The molecule has 0 aromatic carbocycles.